The van der Waals surface area contributed by atoms with E-state index in [9.17, 15) is 9.90 Å². The van der Waals surface area contributed by atoms with Crippen LogP contribution in [0.5, 0.6) is 0 Å². The molecule has 4 aromatic rings. The van der Waals surface area contributed by atoms with Crippen LogP contribution in [0, 0.1) is 13.8 Å². The molecule has 1 aliphatic heterocycles. The Morgan fingerprint density at radius 2 is 1.89 bits per heavy atom. The highest BCUT2D eigenvalue weighted by Gasteiger charge is 2.25. The van der Waals surface area contributed by atoms with Gasteiger partial charge >= 0.3 is 0 Å². The number of carbonyl (C=O) groups excluding carboxylic acids is 1. The van der Waals surface area contributed by atoms with Crippen molar-refractivity contribution in [3.8, 4) is 0 Å². The van der Waals surface area contributed by atoms with Crippen molar-refractivity contribution in [2.24, 2.45) is 0 Å². The molecule has 0 spiro atoms. The molecule has 35 heavy (non-hydrogen) atoms. The summed E-state index contributed by atoms with van der Waals surface area (Å²) in [5.74, 6) is 1.50. The van der Waals surface area contributed by atoms with Crippen molar-refractivity contribution in [3.63, 3.8) is 0 Å². The number of furan rings is 1. The monoisotopic (exact) mass is 469 g/mol. The van der Waals surface area contributed by atoms with Gasteiger partial charge in [-0.25, -0.2) is 4.98 Å². The number of rotatable bonds is 6. The second-order valence-corrected chi connectivity index (χ2v) is 9.52. The minimum atomic E-state index is -0.375. The number of fused-ring (bicyclic) bond motifs is 1. The fourth-order valence-electron chi connectivity index (χ4n) is 4.72. The van der Waals surface area contributed by atoms with E-state index in [2.05, 4.69) is 36.1 Å². The Morgan fingerprint density at radius 1 is 1.09 bits per heavy atom. The summed E-state index contributed by atoms with van der Waals surface area (Å²) < 4.78 is 5.60. The highest BCUT2D eigenvalue weighted by molar-refractivity contribution is 5.94. The van der Waals surface area contributed by atoms with Crippen LogP contribution in [0.2, 0.25) is 0 Å². The largest absolute Gasteiger partial charge is 0.467 e. The van der Waals surface area contributed by atoms with Gasteiger partial charge in [0.15, 0.2) is 0 Å². The van der Waals surface area contributed by atoms with Crippen molar-refractivity contribution in [3.05, 3.63) is 94.9 Å². The number of hydrogen-bond acceptors (Lipinski definition) is 5. The summed E-state index contributed by atoms with van der Waals surface area (Å²) in [7, 11) is 0. The number of aliphatic hydroxyl groups is 1. The normalized spacial score (nSPS) is 16.0. The van der Waals surface area contributed by atoms with Crippen LogP contribution in [-0.4, -0.2) is 40.1 Å². The third-order valence-corrected chi connectivity index (χ3v) is 6.60. The van der Waals surface area contributed by atoms with Gasteiger partial charge < -0.3 is 19.3 Å². The molecule has 2 aromatic carbocycles. The molecular weight excluding hydrogens is 438 g/mol. The third-order valence-electron chi connectivity index (χ3n) is 6.60. The van der Waals surface area contributed by atoms with Gasteiger partial charge in [-0.15, -0.1) is 0 Å². The highest BCUT2D eigenvalue weighted by atomic mass is 16.3. The van der Waals surface area contributed by atoms with Gasteiger partial charge in [0.05, 0.1) is 31.0 Å². The minimum absolute atomic E-state index is 0.0602. The van der Waals surface area contributed by atoms with Crippen molar-refractivity contribution in [1.82, 2.24) is 9.88 Å². The van der Waals surface area contributed by atoms with E-state index >= 15 is 0 Å². The van der Waals surface area contributed by atoms with Crippen LogP contribution >= 0.6 is 0 Å². The second kappa shape index (κ2) is 9.92. The molecule has 1 saturated heterocycles. The zero-order valence-corrected chi connectivity index (χ0v) is 20.3. The average Bonchev–Trinajstić information content (AvgIpc) is 3.36. The van der Waals surface area contributed by atoms with E-state index in [-0.39, 0.29) is 12.0 Å². The molecule has 0 aliphatic carbocycles. The SMILES string of the molecule is Cc1ccc(C(=O)N(Cc2ccco2)Cc2cc3ccc(C)cc3nc2N2CCCC(O)C2)cc1. The number of aromatic nitrogens is 1. The fourth-order valence-corrected chi connectivity index (χ4v) is 4.72. The van der Waals surface area contributed by atoms with Gasteiger partial charge in [0.2, 0.25) is 0 Å². The van der Waals surface area contributed by atoms with E-state index in [1.54, 1.807) is 6.26 Å². The van der Waals surface area contributed by atoms with Gasteiger partial charge in [-0.3, -0.25) is 4.79 Å². The van der Waals surface area contributed by atoms with Crippen LogP contribution in [-0.2, 0) is 13.1 Å². The molecule has 3 heterocycles. The number of anilines is 1. The van der Waals surface area contributed by atoms with Gasteiger partial charge in [-0.2, -0.15) is 0 Å². The van der Waals surface area contributed by atoms with Crippen LogP contribution in [0.3, 0.4) is 0 Å². The van der Waals surface area contributed by atoms with E-state index < -0.39 is 0 Å². The fraction of sp³-hybridized carbons (Fsp3) is 0.310. The van der Waals surface area contributed by atoms with E-state index in [1.165, 1.54) is 0 Å². The van der Waals surface area contributed by atoms with Crippen molar-refractivity contribution in [1.29, 1.82) is 0 Å². The number of nitrogens with zero attached hydrogens (tertiary/aromatic N) is 3. The number of benzene rings is 2. The lowest BCUT2D eigenvalue weighted by atomic mass is 10.0. The predicted octanol–water partition coefficient (Wildman–Crippen LogP) is 5.25. The van der Waals surface area contributed by atoms with Crippen molar-refractivity contribution in [2.45, 2.75) is 45.9 Å². The van der Waals surface area contributed by atoms with Gasteiger partial charge in [-0.1, -0.05) is 29.8 Å². The first-order chi connectivity index (χ1) is 17.0. The van der Waals surface area contributed by atoms with Crippen LogP contribution in [0.25, 0.3) is 10.9 Å². The topological polar surface area (TPSA) is 69.8 Å². The summed E-state index contributed by atoms with van der Waals surface area (Å²) in [4.78, 5) is 22.7. The van der Waals surface area contributed by atoms with Crippen LogP contribution in [0.1, 0.15) is 45.7 Å². The standard InChI is InChI=1S/C29H31N3O3/c1-20-7-10-22(11-8-20)29(34)32(19-26-6-4-14-35-26)17-24-16-23-12-9-21(2)15-27(23)30-28(24)31-13-3-5-25(33)18-31/h4,6-12,14-16,25,33H,3,5,13,17-19H2,1-2H3. The Morgan fingerprint density at radius 3 is 2.63 bits per heavy atom. The third kappa shape index (κ3) is 5.23. The summed E-state index contributed by atoms with van der Waals surface area (Å²) in [6.07, 6.45) is 2.96. The number of aryl methyl sites for hydroxylation is 2. The molecule has 1 aliphatic rings. The van der Waals surface area contributed by atoms with Gasteiger partial charge in [0.1, 0.15) is 11.6 Å². The number of aliphatic hydroxyl groups excluding tert-OH is 1. The lowest BCUT2D eigenvalue weighted by Crippen LogP contribution is -2.40. The minimum Gasteiger partial charge on any atom is -0.467 e. The average molecular weight is 470 g/mol. The molecule has 1 atom stereocenters. The molecule has 6 heteroatoms. The van der Waals surface area contributed by atoms with Gasteiger partial charge in [-0.05, 0) is 68.7 Å². The van der Waals surface area contributed by atoms with Crippen molar-refractivity contribution in [2.75, 3.05) is 18.0 Å². The van der Waals surface area contributed by atoms with E-state index in [4.69, 9.17) is 9.40 Å². The molecule has 0 radical (unpaired) electrons. The molecule has 6 nitrogen and oxygen atoms in total. The molecular formula is C29H31N3O3. The maximum Gasteiger partial charge on any atom is 0.254 e. The van der Waals surface area contributed by atoms with E-state index in [0.29, 0.717) is 25.2 Å². The van der Waals surface area contributed by atoms with Crippen LogP contribution in [0.15, 0.2) is 71.3 Å². The number of pyridine rings is 1. The summed E-state index contributed by atoms with van der Waals surface area (Å²) >= 11 is 0. The summed E-state index contributed by atoms with van der Waals surface area (Å²) in [6.45, 7) is 6.18. The van der Waals surface area contributed by atoms with Gasteiger partial charge in [0.25, 0.3) is 5.91 Å². The first-order valence-electron chi connectivity index (χ1n) is 12.2. The van der Waals surface area contributed by atoms with Crippen LogP contribution < -0.4 is 4.90 Å². The quantitative estimate of drug-likeness (QED) is 0.418. The Balaban J connectivity index is 1.55. The molecule has 2 aromatic heterocycles. The zero-order chi connectivity index (χ0) is 24.4. The molecule has 1 unspecified atom stereocenters. The number of hydrogen-bond donors (Lipinski definition) is 1. The Labute approximate surface area is 205 Å². The maximum atomic E-state index is 13.6. The summed E-state index contributed by atoms with van der Waals surface area (Å²) in [6, 6.07) is 19.8. The number of carbonyl (C=O) groups is 1. The summed E-state index contributed by atoms with van der Waals surface area (Å²) in [5, 5.41) is 11.4. The molecule has 1 amide bonds. The number of β-amino-alcohol motifs (C(OH)–C–C–N with tert-alkyl or cyclic N) is 1. The molecule has 5 rings (SSSR count). The highest BCUT2D eigenvalue weighted by Crippen LogP contribution is 2.29. The Bertz CT molecular complexity index is 1320. The smallest absolute Gasteiger partial charge is 0.254 e. The molecule has 0 bridgehead atoms. The van der Waals surface area contributed by atoms with E-state index in [1.807, 2.05) is 48.2 Å². The van der Waals surface area contributed by atoms with Crippen molar-refractivity contribution < 1.29 is 14.3 Å². The van der Waals surface area contributed by atoms with Crippen LogP contribution in [0.4, 0.5) is 5.82 Å². The van der Waals surface area contributed by atoms with Gasteiger partial charge in [0, 0.05) is 29.6 Å². The molecule has 180 valence electrons. The predicted molar refractivity (Wildman–Crippen MR) is 137 cm³/mol. The maximum absolute atomic E-state index is 13.6. The number of piperidine rings is 1. The number of amides is 1. The van der Waals surface area contributed by atoms with E-state index in [0.717, 1.165) is 58.6 Å². The lowest BCUT2D eigenvalue weighted by Gasteiger charge is -2.33. The Hall–Kier alpha value is -3.64. The first-order valence-corrected chi connectivity index (χ1v) is 12.2. The summed E-state index contributed by atoms with van der Waals surface area (Å²) in [5.41, 5.74) is 4.78. The second-order valence-electron chi connectivity index (χ2n) is 9.52. The van der Waals surface area contributed by atoms with Crippen molar-refractivity contribution >= 4 is 22.6 Å². The molecule has 0 saturated carbocycles. The first kappa shape index (κ1) is 23.1. The lowest BCUT2D eigenvalue weighted by molar-refractivity contribution is 0.0717. The zero-order valence-electron chi connectivity index (χ0n) is 20.3. The Kier molecular flexibility index (Phi) is 6.55. The molecule has 1 N–H and O–H groups in total. The molecule has 1 fully saturated rings.